The fourth-order valence-electron chi connectivity index (χ4n) is 2.00. The SMILES string of the molecule is Cc1cc(C(=O)Cn2cc([N+](=O)[O-])ccc2=O)c(C)[nH]1. The number of aryl methyl sites for hydroxylation is 2. The summed E-state index contributed by atoms with van der Waals surface area (Å²) in [4.78, 5) is 36.8. The molecular weight excluding hydrogens is 262 g/mol. The Morgan fingerprint density at radius 1 is 1.40 bits per heavy atom. The number of nitrogens with zero attached hydrogens (tertiary/aromatic N) is 2. The zero-order valence-corrected chi connectivity index (χ0v) is 11.0. The van der Waals surface area contributed by atoms with E-state index in [1.807, 2.05) is 6.92 Å². The van der Waals surface area contributed by atoms with Crippen LogP contribution in [0.5, 0.6) is 0 Å². The number of carbonyl (C=O) groups excluding carboxylic acids is 1. The Bertz CT molecular complexity index is 742. The molecule has 0 radical (unpaired) electrons. The van der Waals surface area contributed by atoms with Gasteiger partial charge in [0.2, 0.25) is 0 Å². The average Bonchev–Trinajstić information content (AvgIpc) is 2.71. The molecule has 0 aliphatic heterocycles. The number of aromatic nitrogens is 2. The van der Waals surface area contributed by atoms with Crippen molar-refractivity contribution in [2.75, 3.05) is 0 Å². The molecule has 0 unspecified atom stereocenters. The van der Waals surface area contributed by atoms with E-state index in [0.717, 1.165) is 28.6 Å². The first-order valence-electron chi connectivity index (χ1n) is 5.93. The first-order chi connectivity index (χ1) is 9.38. The molecule has 2 aromatic rings. The molecule has 0 aliphatic rings. The Morgan fingerprint density at radius 2 is 2.10 bits per heavy atom. The van der Waals surface area contributed by atoms with Gasteiger partial charge in [-0.1, -0.05) is 0 Å². The maximum Gasteiger partial charge on any atom is 0.285 e. The minimum absolute atomic E-state index is 0.223. The van der Waals surface area contributed by atoms with E-state index < -0.39 is 10.5 Å². The molecule has 2 heterocycles. The molecule has 1 N–H and O–H groups in total. The van der Waals surface area contributed by atoms with Gasteiger partial charge in [0.25, 0.3) is 11.2 Å². The average molecular weight is 275 g/mol. The number of ketones is 1. The highest BCUT2D eigenvalue weighted by atomic mass is 16.6. The number of hydrogen-bond acceptors (Lipinski definition) is 4. The van der Waals surface area contributed by atoms with Gasteiger partial charge in [-0.05, 0) is 19.9 Å². The van der Waals surface area contributed by atoms with Crippen molar-refractivity contribution in [3.8, 4) is 0 Å². The van der Waals surface area contributed by atoms with Crippen molar-refractivity contribution >= 4 is 11.5 Å². The summed E-state index contributed by atoms with van der Waals surface area (Å²) in [5.41, 5.74) is 1.37. The van der Waals surface area contributed by atoms with Crippen molar-refractivity contribution in [1.82, 2.24) is 9.55 Å². The van der Waals surface area contributed by atoms with Crippen molar-refractivity contribution in [3.63, 3.8) is 0 Å². The number of H-pyrrole nitrogens is 1. The molecule has 0 saturated heterocycles. The van der Waals surface area contributed by atoms with Gasteiger partial charge < -0.3 is 9.55 Å². The first-order valence-corrected chi connectivity index (χ1v) is 5.93. The molecule has 0 amide bonds. The number of Topliss-reactive ketones (excluding diaryl/α,β-unsaturated/α-hetero) is 1. The van der Waals surface area contributed by atoms with Crippen LogP contribution in [0.1, 0.15) is 21.7 Å². The quantitative estimate of drug-likeness (QED) is 0.520. The van der Waals surface area contributed by atoms with E-state index in [1.165, 1.54) is 0 Å². The van der Waals surface area contributed by atoms with Crippen molar-refractivity contribution < 1.29 is 9.72 Å². The molecule has 0 fully saturated rings. The molecule has 0 saturated carbocycles. The molecular formula is C13H13N3O4. The van der Waals surface area contributed by atoms with E-state index >= 15 is 0 Å². The Kier molecular flexibility index (Phi) is 3.51. The lowest BCUT2D eigenvalue weighted by Crippen LogP contribution is -2.23. The maximum absolute atomic E-state index is 12.1. The third-order valence-electron chi connectivity index (χ3n) is 2.94. The Morgan fingerprint density at radius 3 is 2.65 bits per heavy atom. The third kappa shape index (κ3) is 2.66. The summed E-state index contributed by atoms with van der Waals surface area (Å²) in [5, 5.41) is 10.7. The molecule has 0 aliphatic carbocycles. The lowest BCUT2D eigenvalue weighted by atomic mass is 10.1. The van der Waals surface area contributed by atoms with Crippen LogP contribution in [0.15, 0.2) is 29.2 Å². The van der Waals surface area contributed by atoms with Crippen LogP contribution in [0.25, 0.3) is 0 Å². The van der Waals surface area contributed by atoms with Gasteiger partial charge in [0.05, 0.1) is 17.7 Å². The maximum atomic E-state index is 12.1. The number of carbonyl (C=O) groups is 1. The largest absolute Gasteiger partial charge is 0.362 e. The highest BCUT2D eigenvalue weighted by Crippen LogP contribution is 2.12. The van der Waals surface area contributed by atoms with Crippen LogP contribution in [0, 0.1) is 24.0 Å². The normalized spacial score (nSPS) is 10.5. The molecule has 104 valence electrons. The van der Waals surface area contributed by atoms with Crippen molar-refractivity contribution in [2.45, 2.75) is 20.4 Å². The van der Waals surface area contributed by atoms with Crippen molar-refractivity contribution in [1.29, 1.82) is 0 Å². The van der Waals surface area contributed by atoms with Gasteiger partial charge in [-0.3, -0.25) is 19.7 Å². The van der Waals surface area contributed by atoms with Crippen molar-refractivity contribution in [2.24, 2.45) is 0 Å². The van der Waals surface area contributed by atoms with E-state index in [0.29, 0.717) is 11.3 Å². The van der Waals surface area contributed by atoms with Crippen LogP contribution >= 0.6 is 0 Å². The molecule has 2 rings (SSSR count). The standard InChI is InChI=1S/C13H13N3O4/c1-8-5-11(9(2)14-8)12(17)7-15-6-10(16(19)20)3-4-13(15)18/h3-6,14H,7H2,1-2H3. The summed E-state index contributed by atoms with van der Waals surface area (Å²) in [5.74, 6) is -0.269. The zero-order valence-electron chi connectivity index (χ0n) is 11.0. The van der Waals surface area contributed by atoms with Crippen LogP contribution in [0.3, 0.4) is 0 Å². The van der Waals surface area contributed by atoms with E-state index in [4.69, 9.17) is 0 Å². The van der Waals surface area contributed by atoms with Gasteiger partial charge in [-0.15, -0.1) is 0 Å². The molecule has 20 heavy (non-hydrogen) atoms. The molecule has 2 aromatic heterocycles. The van der Waals surface area contributed by atoms with E-state index in [1.54, 1.807) is 13.0 Å². The summed E-state index contributed by atoms with van der Waals surface area (Å²) in [7, 11) is 0. The summed E-state index contributed by atoms with van der Waals surface area (Å²) in [6.45, 7) is 3.36. The summed E-state index contributed by atoms with van der Waals surface area (Å²) >= 11 is 0. The molecule has 0 bridgehead atoms. The Hall–Kier alpha value is -2.70. The number of nitrogens with one attached hydrogen (secondary N) is 1. The van der Waals surface area contributed by atoms with E-state index in [2.05, 4.69) is 4.98 Å². The predicted octanol–water partition coefficient (Wildman–Crippen LogP) is 1.58. The molecule has 7 heteroatoms. The second-order valence-corrected chi connectivity index (χ2v) is 4.52. The molecule has 0 aromatic carbocycles. The van der Waals surface area contributed by atoms with E-state index in [9.17, 15) is 19.7 Å². The molecule has 0 spiro atoms. The third-order valence-corrected chi connectivity index (χ3v) is 2.94. The van der Waals surface area contributed by atoms with Gasteiger partial charge in [-0.25, -0.2) is 0 Å². The van der Waals surface area contributed by atoms with Crippen LogP contribution in [-0.4, -0.2) is 20.3 Å². The fourth-order valence-corrected chi connectivity index (χ4v) is 2.00. The number of rotatable bonds is 4. The zero-order chi connectivity index (χ0) is 14.9. The highest BCUT2D eigenvalue weighted by molar-refractivity contribution is 5.97. The van der Waals surface area contributed by atoms with Crippen molar-refractivity contribution in [3.05, 3.63) is 61.8 Å². The number of aromatic amines is 1. The second kappa shape index (κ2) is 5.12. The lowest BCUT2D eigenvalue weighted by Gasteiger charge is -2.04. The number of hydrogen-bond donors (Lipinski definition) is 1. The number of pyridine rings is 1. The Labute approximate surface area is 114 Å². The van der Waals surface area contributed by atoms with Crippen LogP contribution < -0.4 is 5.56 Å². The van der Waals surface area contributed by atoms with Crippen LogP contribution in [0.2, 0.25) is 0 Å². The predicted molar refractivity (Wildman–Crippen MR) is 72.0 cm³/mol. The summed E-state index contributed by atoms with van der Waals surface area (Å²) in [6.07, 6.45) is 1.08. The smallest absolute Gasteiger partial charge is 0.285 e. The first kappa shape index (κ1) is 13.7. The minimum Gasteiger partial charge on any atom is -0.362 e. The van der Waals surface area contributed by atoms with Gasteiger partial charge in [0.15, 0.2) is 5.78 Å². The van der Waals surface area contributed by atoms with Gasteiger partial charge in [0.1, 0.15) is 0 Å². The molecule has 0 atom stereocenters. The second-order valence-electron chi connectivity index (χ2n) is 4.52. The lowest BCUT2D eigenvalue weighted by molar-refractivity contribution is -0.385. The van der Waals surface area contributed by atoms with Gasteiger partial charge in [-0.2, -0.15) is 0 Å². The minimum atomic E-state index is -0.605. The molecule has 7 nitrogen and oxygen atoms in total. The highest BCUT2D eigenvalue weighted by Gasteiger charge is 2.14. The topological polar surface area (TPSA) is 98.0 Å². The van der Waals surface area contributed by atoms with Crippen LogP contribution in [-0.2, 0) is 6.54 Å². The van der Waals surface area contributed by atoms with Gasteiger partial charge in [0, 0.05) is 29.1 Å². The summed E-state index contributed by atoms with van der Waals surface area (Å²) in [6, 6.07) is 3.90. The van der Waals surface area contributed by atoms with E-state index in [-0.39, 0.29) is 18.0 Å². The fraction of sp³-hybridized carbons (Fsp3) is 0.231. The van der Waals surface area contributed by atoms with Crippen LogP contribution in [0.4, 0.5) is 5.69 Å². The Balaban J connectivity index is 2.32. The number of nitro groups is 1. The van der Waals surface area contributed by atoms with Gasteiger partial charge >= 0.3 is 0 Å². The summed E-state index contributed by atoms with van der Waals surface area (Å²) < 4.78 is 1.04. The monoisotopic (exact) mass is 275 g/mol.